The molecule has 0 N–H and O–H groups in total. The number of amides is 1. The average molecular weight is 425 g/mol. The van der Waals surface area contributed by atoms with Gasteiger partial charge in [-0.1, -0.05) is 18.2 Å². The van der Waals surface area contributed by atoms with Crippen LogP contribution in [0.5, 0.6) is 0 Å². The number of thiophene rings is 1. The monoisotopic (exact) mass is 424 g/mol. The first-order valence-electron chi connectivity index (χ1n) is 10.6. The third-order valence-corrected chi connectivity index (χ3v) is 7.01. The van der Waals surface area contributed by atoms with Crippen molar-refractivity contribution in [1.82, 2.24) is 14.5 Å². The number of rotatable bonds is 6. The van der Waals surface area contributed by atoms with Gasteiger partial charge in [-0.25, -0.2) is 4.98 Å². The summed E-state index contributed by atoms with van der Waals surface area (Å²) in [6.07, 6.45) is 2.33. The Hall–Kier alpha value is -2.51. The SMILES string of the molecule is CCN(C(=O)Cn1c(CN2CCCC2)nc2sc(C)c(C)c2c1=O)c1ccccc1. The molecule has 4 rings (SSSR count). The molecule has 30 heavy (non-hydrogen) atoms. The molecule has 0 bridgehead atoms. The Balaban J connectivity index is 1.75. The summed E-state index contributed by atoms with van der Waals surface area (Å²) in [6, 6.07) is 9.61. The van der Waals surface area contributed by atoms with Gasteiger partial charge in [-0.05, 0) is 64.4 Å². The number of aromatic nitrogens is 2. The van der Waals surface area contributed by atoms with Crippen LogP contribution in [0.25, 0.3) is 10.2 Å². The molecule has 3 aromatic rings. The van der Waals surface area contributed by atoms with Gasteiger partial charge < -0.3 is 4.90 Å². The van der Waals surface area contributed by atoms with Gasteiger partial charge in [0, 0.05) is 17.1 Å². The zero-order chi connectivity index (χ0) is 21.3. The predicted octanol–water partition coefficient (Wildman–Crippen LogP) is 3.72. The Bertz CT molecular complexity index is 1110. The first-order valence-corrected chi connectivity index (χ1v) is 11.4. The smallest absolute Gasteiger partial charge is 0.263 e. The molecule has 1 aliphatic heterocycles. The molecule has 0 unspecified atom stereocenters. The van der Waals surface area contributed by atoms with E-state index in [0.29, 0.717) is 24.3 Å². The van der Waals surface area contributed by atoms with Crippen molar-refractivity contribution in [2.45, 2.75) is 46.7 Å². The molecule has 1 saturated heterocycles. The number of likely N-dealkylation sites (tertiary alicyclic amines) is 1. The Morgan fingerprint density at radius 3 is 2.53 bits per heavy atom. The van der Waals surface area contributed by atoms with Crippen LogP contribution in [0.15, 0.2) is 35.1 Å². The number of benzene rings is 1. The van der Waals surface area contributed by atoms with Gasteiger partial charge in [0.15, 0.2) is 0 Å². The molecule has 1 fully saturated rings. The highest BCUT2D eigenvalue weighted by Gasteiger charge is 2.23. The molecule has 158 valence electrons. The minimum absolute atomic E-state index is 0.00200. The fourth-order valence-corrected chi connectivity index (χ4v) is 5.16. The molecule has 0 saturated carbocycles. The van der Waals surface area contributed by atoms with E-state index in [0.717, 1.165) is 34.0 Å². The van der Waals surface area contributed by atoms with E-state index in [1.54, 1.807) is 20.8 Å². The van der Waals surface area contributed by atoms with E-state index in [-0.39, 0.29) is 18.0 Å². The van der Waals surface area contributed by atoms with Crippen LogP contribution < -0.4 is 10.5 Å². The van der Waals surface area contributed by atoms with E-state index >= 15 is 0 Å². The molecule has 1 amide bonds. The number of para-hydroxylation sites is 1. The molecule has 6 nitrogen and oxygen atoms in total. The summed E-state index contributed by atoms with van der Waals surface area (Å²) < 4.78 is 1.60. The molecule has 7 heteroatoms. The number of anilines is 1. The van der Waals surface area contributed by atoms with Crippen molar-refractivity contribution < 1.29 is 4.79 Å². The van der Waals surface area contributed by atoms with E-state index in [2.05, 4.69) is 4.90 Å². The fraction of sp³-hybridized carbons (Fsp3) is 0.435. The number of aryl methyl sites for hydroxylation is 2. The van der Waals surface area contributed by atoms with Crippen LogP contribution in [0.2, 0.25) is 0 Å². The highest BCUT2D eigenvalue weighted by Crippen LogP contribution is 2.27. The second-order valence-electron chi connectivity index (χ2n) is 7.84. The molecule has 1 aliphatic rings. The standard InChI is InChI=1S/C23H28N4O2S/c1-4-26(18-10-6-5-7-11-18)20(28)15-27-19(14-25-12-8-9-13-25)24-22-21(23(27)29)16(2)17(3)30-22/h5-7,10-11H,4,8-9,12-15H2,1-3H3. The maximum atomic E-state index is 13.5. The maximum Gasteiger partial charge on any atom is 0.263 e. The molecule has 3 heterocycles. The topological polar surface area (TPSA) is 58.4 Å². The zero-order valence-electron chi connectivity index (χ0n) is 17.9. The number of likely N-dealkylation sites (N-methyl/N-ethyl adjacent to an activating group) is 1. The number of nitrogens with zero attached hydrogens (tertiary/aromatic N) is 4. The molecule has 0 radical (unpaired) electrons. The van der Waals surface area contributed by atoms with E-state index in [1.807, 2.05) is 51.1 Å². The number of hydrogen-bond acceptors (Lipinski definition) is 5. The van der Waals surface area contributed by atoms with Crippen molar-refractivity contribution in [3.63, 3.8) is 0 Å². The van der Waals surface area contributed by atoms with Crippen LogP contribution in [0.3, 0.4) is 0 Å². The lowest BCUT2D eigenvalue weighted by atomic mass is 10.2. The molecule has 2 aromatic heterocycles. The average Bonchev–Trinajstić information content (AvgIpc) is 3.34. The number of fused-ring (bicyclic) bond motifs is 1. The van der Waals surface area contributed by atoms with E-state index in [1.165, 1.54) is 12.8 Å². The lowest BCUT2D eigenvalue weighted by Crippen LogP contribution is -2.39. The Morgan fingerprint density at radius 2 is 1.87 bits per heavy atom. The largest absolute Gasteiger partial charge is 0.311 e. The Morgan fingerprint density at radius 1 is 1.17 bits per heavy atom. The summed E-state index contributed by atoms with van der Waals surface area (Å²) in [4.78, 5) is 37.5. The van der Waals surface area contributed by atoms with Crippen LogP contribution in [-0.2, 0) is 17.9 Å². The number of carbonyl (C=O) groups excluding carboxylic acids is 1. The normalized spacial score (nSPS) is 14.5. The maximum absolute atomic E-state index is 13.5. The predicted molar refractivity (Wildman–Crippen MR) is 122 cm³/mol. The van der Waals surface area contributed by atoms with E-state index in [4.69, 9.17) is 4.98 Å². The van der Waals surface area contributed by atoms with Crippen molar-refractivity contribution in [3.05, 3.63) is 57.0 Å². The third kappa shape index (κ3) is 3.91. The van der Waals surface area contributed by atoms with Crippen molar-refractivity contribution in [2.24, 2.45) is 0 Å². The van der Waals surface area contributed by atoms with Gasteiger partial charge in [-0.2, -0.15) is 0 Å². The van der Waals surface area contributed by atoms with Crippen LogP contribution in [0.4, 0.5) is 5.69 Å². The third-order valence-electron chi connectivity index (χ3n) is 5.91. The molecular formula is C23H28N4O2S. The van der Waals surface area contributed by atoms with Crippen molar-refractivity contribution in [1.29, 1.82) is 0 Å². The first-order chi connectivity index (χ1) is 14.5. The summed E-state index contributed by atoms with van der Waals surface area (Å²) in [5.41, 5.74) is 1.71. The zero-order valence-corrected chi connectivity index (χ0v) is 18.7. The van der Waals surface area contributed by atoms with Gasteiger partial charge in [0.25, 0.3) is 5.56 Å². The summed E-state index contributed by atoms with van der Waals surface area (Å²) >= 11 is 1.56. The summed E-state index contributed by atoms with van der Waals surface area (Å²) in [5, 5.41) is 0.651. The van der Waals surface area contributed by atoms with Gasteiger partial charge in [0.1, 0.15) is 17.2 Å². The first kappa shape index (κ1) is 20.8. The number of carbonyl (C=O) groups is 1. The molecule has 0 atom stereocenters. The van der Waals surface area contributed by atoms with E-state index < -0.39 is 0 Å². The van der Waals surface area contributed by atoms with Gasteiger partial charge in [0.2, 0.25) is 5.91 Å². The summed E-state index contributed by atoms with van der Waals surface area (Å²) in [5.74, 6) is 0.590. The van der Waals surface area contributed by atoms with Crippen LogP contribution >= 0.6 is 11.3 Å². The summed E-state index contributed by atoms with van der Waals surface area (Å²) in [6.45, 7) is 9.10. The van der Waals surface area contributed by atoms with E-state index in [9.17, 15) is 9.59 Å². The van der Waals surface area contributed by atoms with Crippen LogP contribution in [0, 0.1) is 13.8 Å². The lowest BCUT2D eigenvalue weighted by molar-refractivity contribution is -0.119. The Labute approximate surface area is 180 Å². The van der Waals surface area contributed by atoms with Crippen LogP contribution in [-0.4, -0.2) is 40.0 Å². The second kappa shape index (κ2) is 8.70. The molecular weight excluding hydrogens is 396 g/mol. The van der Waals surface area contributed by atoms with Gasteiger partial charge in [0.05, 0.1) is 11.9 Å². The highest BCUT2D eigenvalue weighted by atomic mass is 32.1. The highest BCUT2D eigenvalue weighted by molar-refractivity contribution is 7.18. The molecule has 0 spiro atoms. The lowest BCUT2D eigenvalue weighted by Gasteiger charge is -2.23. The van der Waals surface area contributed by atoms with Gasteiger partial charge >= 0.3 is 0 Å². The quantitative estimate of drug-likeness (QED) is 0.605. The fourth-order valence-electron chi connectivity index (χ4n) is 4.13. The minimum atomic E-state index is -0.103. The summed E-state index contributed by atoms with van der Waals surface area (Å²) in [7, 11) is 0. The number of hydrogen-bond donors (Lipinski definition) is 0. The molecule has 1 aromatic carbocycles. The minimum Gasteiger partial charge on any atom is -0.311 e. The second-order valence-corrected chi connectivity index (χ2v) is 9.04. The molecule has 0 aliphatic carbocycles. The van der Waals surface area contributed by atoms with Crippen LogP contribution in [0.1, 0.15) is 36.0 Å². The van der Waals surface area contributed by atoms with Crippen molar-refractivity contribution in [2.75, 3.05) is 24.5 Å². The Kier molecular flexibility index (Phi) is 6.01. The van der Waals surface area contributed by atoms with Gasteiger partial charge in [-0.15, -0.1) is 11.3 Å². The van der Waals surface area contributed by atoms with Gasteiger partial charge in [-0.3, -0.25) is 19.1 Å². The van der Waals surface area contributed by atoms with Crippen molar-refractivity contribution in [3.8, 4) is 0 Å². The van der Waals surface area contributed by atoms with Crippen molar-refractivity contribution >= 4 is 33.1 Å².